The minimum atomic E-state index is -0.132. The monoisotopic (exact) mass is 463 g/mol. The first-order chi connectivity index (χ1) is 15.6. The molecule has 3 N–H and O–H groups in total. The van der Waals surface area contributed by atoms with Crippen LogP contribution in [0.1, 0.15) is 17.2 Å². The van der Waals surface area contributed by atoms with Gasteiger partial charge in [-0.15, -0.1) is 10.2 Å². The minimum Gasteiger partial charge on any atom is -0.348 e. The molecule has 32 heavy (non-hydrogen) atoms. The summed E-state index contributed by atoms with van der Waals surface area (Å²) in [5, 5.41) is 12.5. The second-order valence-electron chi connectivity index (χ2n) is 7.19. The summed E-state index contributed by atoms with van der Waals surface area (Å²) in [6, 6.07) is 27.1. The third-order valence-corrected chi connectivity index (χ3v) is 6.11. The van der Waals surface area contributed by atoms with Gasteiger partial charge in [-0.3, -0.25) is 4.79 Å². The summed E-state index contributed by atoms with van der Waals surface area (Å²) in [5.41, 5.74) is 3.01. The molecule has 0 aliphatic heterocycles. The summed E-state index contributed by atoms with van der Waals surface area (Å²) in [6.07, 6.45) is 0.703. The third kappa shape index (κ3) is 5.49. The molecule has 8 heteroatoms. The fourth-order valence-electron chi connectivity index (χ4n) is 3.32. The van der Waals surface area contributed by atoms with Crippen molar-refractivity contribution in [3.8, 4) is 11.4 Å². The Morgan fingerprint density at radius 2 is 1.62 bits per heavy atom. The molecule has 6 nitrogen and oxygen atoms in total. The van der Waals surface area contributed by atoms with Gasteiger partial charge in [0, 0.05) is 10.6 Å². The molecule has 4 aromatic rings. The van der Waals surface area contributed by atoms with Crippen LogP contribution in [0.4, 0.5) is 0 Å². The Kier molecular flexibility index (Phi) is 7.09. The van der Waals surface area contributed by atoms with E-state index in [-0.39, 0.29) is 17.7 Å². The normalized spacial score (nSPS) is 11.8. The SMILES string of the molecule is Nn1c(SCC(=O)NC(Cc2ccccc2)c2ccccc2)nnc1-c1ccc(Cl)cc1. The second kappa shape index (κ2) is 10.3. The summed E-state index contributed by atoms with van der Waals surface area (Å²) < 4.78 is 1.39. The van der Waals surface area contributed by atoms with Gasteiger partial charge in [0.2, 0.25) is 11.1 Å². The van der Waals surface area contributed by atoms with Gasteiger partial charge < -0.3 is 11.2 Å². The first-order valence-corrected chi connectivity index (χ1v) is 11.4. The minimum absolute atomic E-state index is 0.101. The molecular weight excluding hydrogens is 442 g/mol. The molecule has 1 heterocycles. The molecule has 1 amide bonds. The number of hydrogen-bond donors (Lipinski definition) is 2. The molecule has 0 radical (unpaired) electrons. The number of benzene rings is 3. The summed E-state index contributed by atoms with van der Waals surface area (Å²) in [6.45, 7) is 0. The van der Waals surface area contributed by atoms with Crippen LogP contribution in [0.3, 0.4) is 0 Å². The lowest BCUT2D eigenvalue weighted by molar-refractivity contribution is -0.119. The molecule has 4 rings (SSSR count). The average Bonchev–Trinajstić information content (AvgIpc) is 3.19. The van der Waals surface area contributed by atoms with Gasteiger partial charge in [-0.25, -0.2) is 4.68 Å². The largest absolute Gasteiger partial charge is 0.348 e. The maximum Gasteiger partial charge on any atom is 0.230 e. The van der Waals surface area contributed by atoms with Gasteiger partial charge in [0.05, 0.1) is 11.8 Å². The van der Waals surface area contributed by atoms with Crippen LogP contribution in [0.15, 0.2) is 90.1 Å². The van der Waals surface area contributed by atoms with Gasteiger partial charge in [0.15, 0.2) is 5.82 Å². The highest BCUT2D eigenvalue weighted by Gasteiger charge is 2.18. The number of carbonyl (C=O) groups is 1. The third-order valence-electron chi connectivity index (χ3n) is 4.92. The smallest absolute Gasteiger partial charge is 0.230 e. The number of rotatable bonds is 8. The van der Waals surface area contributed by atoms with E-state index in [1.807, 2.05) is 60.7 Å². The van der Waals surface area contributed by atoms with Gasteiger partial charge >= 0.3 is 0 Å². The van der Waals surface area contributed by atoms with Crippen molar-refractivity contribution in [2.24, 2.45) is 0 Å². The lowest BCUT2D eigenvalue weighted by Gasteiger charge is -2.19. The highest BCUT2D eigenvalue weighted by atomic mass is 35.5. The molecule has 162 valence electrons. The van der Waals surface area contributed by atoms with Crippen molar-refractivity contribution in [1.82, 2.24) is 20.2 Å². The molecule has 3 aromatic carbocycles. The van der Waals surface area contributed by atoms with E-state index in [9.17, 15) is 4.79 Å². The average molecular weight is 464 g/mol. The standard InChI is InChI=1S/C24H22ClN5OS/c25-20-13-11-19(12-14-20)23-28-29-24(30(23)26)32-16-22(31)27-21(18-9-5-2-6-10-18)15-17-7-3-1-4-8-17/h1-14,21H,15-16,26H2,(H,27,31). The van der Waals surface area contributed by atoms with E-state index in [0.717, 1.165) is 16.7 Å². The molecule has 0 saturated carbocycles. The fourth-order valence-corrected chi connectivity index (χ4v) is 4.12. The Labute approximate surface area is 195 Å². The van der Waals surface area contributed by atoms with Crippen molar-refractivity contribution in [1.29, 1.82) is 0 Å². The summed E-state index contributed by atoms with van der Waals surface area (Å²) >= 11 is 7.19. The Balaban J connectivity index is 1.42. The molecule has 0 bridgehead atoms. The van der Waals surface area contributed by atoms with Crippen LogP contribution < -0.4 is 11.2 Å². The molecule has 0 saturated heterocycles. The Bertz CT molecular complexity index is 1170. The molecule has 1 unspecified atom stereocenters. The summed E-state index contributed by atoms with van der Waals surface area (Å²) in [4.78, 5) is 12.8. The van der Waals surface area contributed by atoms with Crippen LogP contribution in [-0.4, -0.2) is 26.5 Å². The van der Waals surface area contributed by atoms with Crippen molar-refractivity contribution in [2.75, 3.05) is 11.6 Å². The van der Waals surface area contributed by atoms with Gasteiger partial charge in [-0.05, 0) is 41.8 Å². The molecule has 1 atom stereocenters. The Hall–Kier alpha value is -3.29. The summed E-state index contributed by atoms with van der Waals surface area (Å²) in [5.74, 6) is 6.74. The number of nitrogen functional groups attached to an aromatic ring is 1. The van der Waals surface area contributed by atoms with Gasteiger partial charge in [0.1, 0.15) is 0 Å². The molecule has 0 spiro atoms. The number of carbonyl (C=O) groups excluding carboxylic acids is 1. The summed E-state index contributed by atoms with van der Waals surface area (Å²) in [7, 11) is 0. The van der Waals surface area contributed by atoms with E-state index in [0.29, 0.717) is 22.4 Å². The second-order valence-corrected chi connectivity index (χ2v) is 8.57. The van der Waals surface area contributed by atoms with E-state index < -0.39 is 0 Å². The van der Waals surface area contributed by atoms with Crippen molar-refractivity contribution in [2.45, 2.75) is 17.6 Å². The first kappa shape index (κ1) is 21.9. The van der Waals surface area contributed by atoms with Crippen molar-refractivity contribution in [3.05, 3.63) is 101 Å². The molecule has 0 fully saturated rings. The first-order valence-electron chi connectivity index (χ1n) is 10.1. The quantitative estimate of drug-likeness (QED) is 0.296. The van der Waals surface area contributed by atoms with Crippen LogP contribution in [0.25, 0.3) is 11.4 Å². The maximum atomic E-state index is 12.8. The van der Waals surface area contributed by atoms with Gasteiger partial charge in [-0.1, -0.05) is 84.0 Å². The fraction of sp³-hybridized carbons (Fsp3) is 0.125. The number of thioether (sulfide) groups is 1. The van der Waals surface area contributed by atoms with Crippen LogP contribution in [0.2, 0.25) is 5.02 Å². The highest BCUT2D eigenvalue weighted by molar-refractivity contribution is 7.99. The maximum absolute atomic E-state index is 12.8. The zero-order valence-electron chi connectivity index (χ0n) is 17.2. The van der Waals surface area contributed by atoms with Gasteiger partial charge in [0.25, 0.3) is 0 Å². The molecular formula is C24H22ClN5OS. The number of nitrogens with zero attached hydrogens (tertiary/aromatic N) is 3. The lowest BCUT2D eigenvalue weighted by atomic mass is 9.99. The number of amides is 1. The van der Waals surface area contributed by atoms with Crippen LogP contribution in [0, 0.1) is 0 Å². The van der Waals surface area contributed by atoms with Crippen molar-refractivity contribution < 1.29 is 4.79 Å². The van der Waals surface area contributed by atoms with Gasteiger partial charge in [-0.2, -0.15) is 0 Å². The van der Waals surface area contributed by atoms with Crippen LogP contribution >= 0.6 is 23.4 Å². The van der Waals surface area contributed by atoms with Crippen LogP contribution in [-0.2, 0) is 11.2 Å². The Morgan fingerprint density at radius 3 is 2.31 bits per heavy atom. The molecule has 0 aliphatic rings. The predicted octanol–water partition coefficient (Wildman–Crippen LogP) is 4.50. The number of nitrogens with one attached hydrogen (secondary N) is 1. The van der Waals surface area contributed by atoms with Crippen LogP contribution in [0.5, 0.6) is 0 Å². The number of aromatic nitrogens is 3. The lowest BCUT2D eigenvalue weighted by Crippen LogP contribution is -2.31. The van der Waals surface area contributed by atoms with E-state index in [1.54, 1.807) is 12.1 Å². The van der Waals surface area contributed by atoms with Crippen molar-refractivity contribution in [3.63, 3.8) is 0 Å². The zero-order valence-corrected chi connectivity index (χ0v) is 18.8. The Morgan fingerprint density at radius 1 is 0.969 bits per heavy atom. The van der Waals surface area contributed by atoms with Crippen molar-refractivity contribution >= 4 is 29.3 Å². The highest BCUT2D eigenvalue weighted by Crippen LogP contribution is 2.24. The zero-order chi connectivity index (χ0) is 22.3. The number of hydrogen-bond acceptors (Lipinski definition) is 5. The molecule has 1 aromatic heterocycles. The predicted molar refractivity (Wildman–Crippen MR) is 129 cm³/mol. The van der Waals surface area contributed by atoms with E-state index in [4.69, 9.17) is 17.4 Å². The number of halogens is 1. The topological polar surface area (TPSA) is 85.8 Å². The van der Waals surface area contributed by atoms with E-state index in [2.05, 4.69) is 27.6 Å². The van der Waals surface area contributed by atoms with E-state index >= 15 is 0 Å². The number of nitrogens with two attached hydrogens (primary N) is 1. The van der Waals surface area contributed by atoms with E-state index in [1.165, 1.54) is 16.4 Å². The molecule has 0 aliphatic carbocycles.